The van der Waals surface area contributed by atoms with Crippen molar-refractivity contribution in [3.8, 4) is 28.6 Å². The van der Waals surface area contributed by atoms with Crippen LogP contribution >= 0.6 is 11.3 Å². The smallest absolute Gasteiger partial charge is 0.264 e. The summed E-state index contributed by atoms with van der Waals surface area (Å²) in [4.78, 5) is 19.3. The van der Waals surface area contributed by atoms with Crippen LogP contribution in [-0.2, 0) is 0 Å². The Labute approximate surface area is 171 Å². The van der Waals surface area contributed by atoms with Gasteiger partial charge in [0.15, 0.2) is 0 Å². The molecule has 0 saturated carbocycles. The van der Waals surface area contributed by atoms with Crippen molar-refractivity contribution in [1.29, 1.82) is 0 Å². The van der Waals surface area contributed by atoms with Crippen molar-refractivity contribution in [2.75, 3.05) is 13.1 Å². The van der Waals surface area contributed by atoms with Crippen LogP contribution in [0.5, 0.6) is 5.75 Å². The van der Waals surface area contributed by atoms with Gasteiger partial charge in [-0.15, -0.1) is 11.3 Å². The number of rotatable bonds is 5. The average molecular weight is 403 g/mol. The maximum absolute atomic E-state index is 12.3. The number of hydrogen-bond acceptors (Lipinski definition) is 6. The first-order valence-corrected chi connectivity index (χ1v) is 10.1. The lowest BCUT2D eigenvalue weighted by atomic mass is 10.1. The summed E-state index contributed by atoms with van der Waals surface area (Å²) in [7, 11) is 0. The third kappa shape index (κ3) is 3.64. The Hall–Kier alpha value is -3.45. The number of nitrogens with zero attached hydrogens (tertiary/aromatic N) is 3. The highest BCUT2D eigenvalue weighted by Crippen LogP contribution is 2.26. The summed E-state index contributed by atoms with van der Waals surface area (Å²) in [5.41, 5.74) is 1.74. The van der Waals surface area contributed by atoms with E-state index < -0.39 is 0 Å². The zero-order chi connectivity index (χ0) is 19.6. The van der Waals surface area contributed by atoms with E-state index in [1.807, 2.05) is 72.1 Å². The van der Waals surface area contributed by atoms with Gasteiger partial charge in [-0.1, -0.05) is 29.4 Å². The van der Waals surface area contributed by atoms with Gasteiger partial charge in [0, 0.05) is 11.1 Å². The lowest BCUT2D eigenvalue weighted by Crippen LogP contribution is -2.56. The zero-order valence-electron chi connectivity index (χ0n) is 15.4. The average Bonchev–Trinajstić information content (AvgIpc) is 3.43. The second-order valence-electron chi connectivity index (χ2n) is 6.74. The van der Waals surface area contributed by atoms with Gasteiger partial charge in [0.2, 0.25) is 5.82 Å². The number of benzene rings is 2. The predicted octanol–water partition coefficient (Wildman–Crippen LogP) is 4.37. The maximum atomic E-state index is 12.3. The first kappa shape index (κ1) is 17.6. The highest BCUT2D eigenvalue weighted by Gasteiger charge is 2.33. The van der Waals surface area contributed by atoms with E-state index in [1.54, 1.807) is 4.90 Å². The molecule has 0 atom stereocenters. The van der Waals surface area contributed by atoms with Crippen molar-refractivity contribution >= 4 is 17.2 Å². The van der Waals surface area contributed by atoms with Gasteiger partial charge >= 0.3 is 0 Å². The number of amides is 1. The zero-order valence-corrected chi connectivity index (χ0v) is 16.2. The molecule has 4 aromatic rings. The molecule has 1 amide bonds. The molecule has 0 radical (unpaired) electrons. The molecular formula is C22H17N3O3S. The first-order valence-electron chi connectivity index (χ1n) is 9.25. The number of carbonyl (C=O) groups is 1. The van der Waals surface area contributed by atoms with Gasteiger partial charge < -0.3 is 14.2 Å². The minimum absolute atomic E-state index is 0.0135. The molecule has 2 aromatic carbocycles. The van der Waals surface area contributed by atoms with Crippen LogP contribution in [-0.4, -0.2) is 40.1 Å². The second kappa shape index (κ2) is 7.52. The fourth-order valence-corrected chi connectivity index (χ4v) is 3.84. The number of thiophene rings is 1. The molecule has 0 bridgehead atoms. The van der Waals surface area contributed by atoms with E-state index in [4.69, 9.17) is 9.26 Å². The van der Waals surface area contributed by atoms with E-state index in [1.165, 1.54) is 11.3 Å². The quantitative estimate of drug-likeness (QED) is 0.495. The van der Waals surface area contributed by atoms with E-state index in [9.17, 15) is 4.79 Å². The number of hydrogen-bond donors (Lipinski definition) is 0. The third-order valence-corrected chi connectivity index (χ3v) is 5.59. The molecule has 5 rings (SSSR count). The molecule has 3 heterocycles. The van der Waals surface area contributed by atoms with Crippen LogP contribution in [0, 0.1) is 0 Å². The minimum atomic E-state index is 0.0135. The van der Waals surface area contributed by atoms with Gasteiger partial charge in [-0.25, -0.2) is 0 Å². The lowest BCUT2D eigenvalue weighted by molar-refractivity contribution is 0.0182. The Kier molecular flexibility index (Phi) is 4.57. The molecule has 0 spiro atoms. The second-order valence-corrected chi connectivity index (χ2v) is 7.69. The van der Waals surface area contributed by atoms with Gasteiger partial charge in [0.25, 0.3) is 11.8 Å². The molecule has 0 N–H and O–H groups in total. The molecule has 1 aliphatic heterocycles. The Balaban J connectivity index is 1.20. The molecule has 6 nitrogen and oxygen atoms in total. The van der Waals surface area contributed by atoms with Crippen molar-refractivity contribution in [1.82, 2.24) is 15.0 Å². The molecule has 144 valence electrons. The number of likely N-dealkylation sites (tertiary alicyclic amines) is 1. The summed E-state index contributed by atoms with van der Waals surface area (Å²) in [6.45, 7) is 1.20. The van der Waals surface area contributed by atoms with Crippen molar-refractivity contribution < 1.29 is 14.1 Å². The Morgan fingerprint density at radius 3 is 2.52 bits per heavy atom. The van der Waals surface area contributed by atoms with Crippen LogP contribution in [0.25, 0.3) is 22.8 Å². The molecule has 29 heavy (non-hydrogen) atoms. The summed E-state index contributed by atoms with van der Waals surface area (Å²) in [6, 6.07) is 21.0. The highest BCUT2D eigenvalue weighted by atomic mass is 32.1. The van der Waals surface area contributed by atoms with Crippen molar-refractivity contribution in [2.24, 2.45) is 0 Å². The summed E-state index contributed by atoms with van der Waals surface area (Å²) < 4.78 is 11.3. The standard InChI is InChI=1S/C22H17N3O3S/c26-22(19-7-4-12-29-19)25-13-18(14-25)27-17-10-8-15(9-11-17)20-23-21(28-24-20)16-5-2-1-3-6-16/h1-12,18H,13-14H2. The molecule has 0 aliphatic carbocycles. The van der Waals surface area contributed by atoms with E-state index in [-0.39, 0.29) is 12.0 Å². The number of ether oxygens (including phenoxy) is 1. The largest absolute Gasteiger partial charge is 0.487 e. The third-order valence-electron chi connectivity index (χ3n) is 4.73. The molecule has 2 aromatic heterocycles. The van der Waals surface area contributed by atoms with Gasteiger partial charge in [-0.05, 0) is 47.8 Å². The van der Waals surface area contributed by atoms with Crippen LogP contribution in [0.2, 0.25) is 0 Å². The highest BCUT2D eigenvalue weighted by molar-refractivity contribution is 7.12. The van der Waals surface area contributed by atoms with E-state index in [0.717, 1.165) is 21.8 Å². The number of aromatic nitrogens is 2. The van der Waals surface area contributed by atoms with Crippen LogP contribution in [0.3, 0.4) is 0 Å². The van der Waals surface area contributed by atoms with Crippen LogP contribution < -0.4 is 4.74 Å². The van der Waals surface area contributed by atoms with E-state index >= 15 is 0 Å². The fraction of sp³-hybridized carbons (Fsp3) is 0.136. The fourth-order valence-electron chi connectivity index (χ4n) is 3.15. The van der Waals surface area contributed by atoms with E-state index in [2.05, 4.69) is 10.1 Å². The number of carbonyl (C=O) groups excluding carboxylic acids is 1. The van der Waals surface area contributed by atoms with Gasteiger partial charge in [-0.3, -0.25) is 4.79 Å². The summed E-state index contributed by atoms with van der Waals surface area (Å²) in [5, 5.41) is 5.98. The van der Waals surface area contributed by atoms with Crippen LogP contribution in [0.15, 0.2) is 76.6 Å². The Morgan fingerprint density at radius 1 is 1.00 bits per heavy atom. The molecule has 7 heteroatoms. The molecule has 1 aliphatic rings. The van der Waals surface area contributed by atoms with Gasteiger partial charge in [0.05, 0.1) is 18.0 Å². The minimum Gasteiger partial charge on any atom is -0.487 e. The summed E-state index contributed by atoms with van der Waals surface area (Å²) in [5.74, 6) is 1.85. The molecule has 1 saturated heterocycles. The lowest BCUT2D eigenvalue weighted by Gasteiger charge is -2.38. The predicted molar refractivity (Wildman–Crippen MR) is 110 cm³/mol. The molecular weight excluding hydrogens is 386 g/mol. The van der Waals surface area contributed by atoms with Crippen molar-refractivity contribution in [3.05, 3.63) is 77.0 Å². The molecule has 0 unspecified atom stereocenters. The normalized spacial score (nSPS) is 13.9. The maximum Gasteiger partial charge on any atom is 0.264 e. The summed E-state index contributed by atoms with van der Waals surface area (Å²) >= 11 is 1.46. The van der Waals surface area contributed by atoms with Gasteiger partial charge in [0.1, 0.15) is 11.9 Å². The summed E-state index contributed by atoms with van der Waals surface area (Å²) in [6.07, 6.45) is 0.0135. The van der Waals surface area contributed by atoms with Crippen LogP contribution in [0.1, 0.15) is 9.67 Å². The molecule has 1 fully saturated rings. The van der Waals surface area contributed by atoms with Crippen molar-refractivity contribution in [2.45, 2.75) is 6.10 Å². The Morgan fingerprint density at radius 2 is 1.79 bits per heavy atom. The SMILES string of the molecule is O=C(c1cccs1)N1CC(Oc2ccc(-c3noc(-c4ccccc4)n3)cc2)C1. The first-order chi connectivity index (χ1) is 14.3. The van der Waals surface area contributed by atoms with Crippen LogP contribution in [0.4, 0.5) is 0 Å². The topological polar surface area (TPSA) is 68.5 Å². The van der Waals surface area contributed by atoms with E-state index in [0.29, 0.717) is 24.8 Å². The Bertz CT molecular complexity index is 1100. The van der Waals surface area contributed by atoms with Gasteiger partial charge in [-0.2, -0.15) is 4.98 Å². The van der Waals surface area contributed by atoms with Crippen molar-refractivity contribution in [3.63, 3.8) is 0 Å². The monoisotopic (exact) mass is 403 g/mol.